The molecule has 0 aromatic heterocycles. The Hall–Kier alpha value is -2.53. The Labute approximate surface area is 195 Å². The lowest BCUT2D eigenvalue weighted by Crippen LogP contribution is -2.32. The third kappa shape index (κ3) is 6.08. The van der Waals surface area contributed by atoms with Crippen LogP contribution in [0.1, 0.15) is 41.6 Å². The second-order valence-corrected chi connectivity index (χ2v) is 11.6. The zero-order chi connectivity index (χ0) is 24.1. The Bertz CT molecular complexity index is 1220. The highest BCUT2D eigenvalue weighted by atomic mass is 32.2. The number of rotatable bonds is 8. The van der Waals surface area contributed by atoms with Crippen molar-refractivity contribution in [2.45, 2.75) is 42.4 Å². The first-order chi connectivity index (χ1) is 15.6. The molecule has 1 amide bonds. The lowest BCUT2D eigenvalue weighted by Gasteiger charge is -2.21. The fourth-order valence-corrected chi connectivity index (χ4v) is 6.38. The number of amides is 1. The van der Waals surface area contributed by atoms with Crippen molar-refractivity contribution in [3.05, 3.63) is 66.2 Å². The number of sulfonamides is 2. The molecule has 0 atom stereocenters. The molecule has 8 nitrogen and oxygen atoms in total. The van der Waals surface area contributed by atoms with Gasteiger partial charge >= 0.3 is 0 Å². The standard InChI is InChI=1S/C23H29N3O5S2/c1-3-14-24-32(28,29)21-12-9-19(10-13-21)23(27)25-20-11-8-18(2)22(17-20)33(30,31)26-15-6-4-5-7-16-26/h3,8-13,17,24H,1,4-7,14-16H2,2H3,(H,25,27). The molecule has 0 bridgehead atoms. The minimum Gasteiger partial charge on any atom is -0.322 e. The number of carbonyl (C=O) groups is 1. The molecule has 178 valence electrons. The van der Waals surface area contributed by atoms with Gasteiger partial charge in [-0.3, -0.25) is 4.79 Å². The topological polar surface area (TPSA) is 113 Å². The van der Waals surface area contributed by atoms with Gasteiger partial charge in [0.2, 0.25) is 20.0 Å². The van der Waals surface area contributed by atoms with E-state index in [-0.39, 0.29) is 21.9 Å². The van der Waals surface area contributed by atoms with E-state index in [1.54, 1.807) is 19.1 Å². The largest absolute Gasteiger partial charge is 0.322 e. The quantitative estimate of drug-likeness (QED) is 0.551. The van der Waals surface area contributed by atoms with Gasteiger partial charge in [0, 0.05) is 30.9 Å². The van der Waals surface area contributed by atoms with E-state index >= 15 is 0 Å². The molecule has 1 fully saturated rings. The molecule has 1 aliphatic rings. The predicted molar refractivity (Wildman–Crippen MR) is 128 cm³/mol. The summed E-state index contributed by atoms with van der Waals surface area (Å²) in [5, 5.41) is 2.71. The number of aryl methyl sites for hydroxylation is 1. The maximum absolute atomic E-state index is 13.2. The summed E-state index contributed by atoms with van der Waals surface area (Å²) in [6, 6.07) is 10.3. The van der Waals surface area contributed by atoms with Gasteiger partial charge in [-0.05, 0) is 61.7 Å². The SMILES string of the molecule is C=CCNS(=O)(=O)c1ccc(C(=O)Nc2ccc(C)c(S(=O)(=O)N3CCCCCC3)c2)cc1. The number of nitrogens with zero attached hydrogens (tertiary/aromatic N) is 1. The molecule has 0 unspecified atom stereocenters. The van der Waals surface area contributed by atoms with Gasteiger partial charge in [-0.25, -0.2) is 21.6 Å². The number of benzene rings is 2. The van der Waals surface area contributed by atoms with Crippen LogP contribution >= 0.6 is 0 Å². The Balaban J connectivity index is 1.79. The summed E-state index contributed by atoms with van der Waals surface area (Å²) in [4.78, 5) is 12.9. The van der Waals surface area contributed by atoms with Crippen LogP contribution in [0.15, 0.2) is 64.9 Å². The number of anilines is 1. The van der Waals surface area contributed by atoms with E-state index in [0.717, 1.165) is 25.7 Å². The first-order valence-electron chi connectivity index (χ1n) is 10.8. The maximum atomic E-state index is 13.2. The van der Waals surface area contributed by atoms with E-state index in [4.69, 9.17) is 0 Å². The van der Waals surface area contributed by atoms with Crippen molar-refractivity contribution < 1.29 is 21.6 Å². The van der Waals surface area contributed by atoms with Crippen LogP contribution < -0.4 is 10.0 Å². The van der Waals surface area contributed by atoms with Crippen LogP contribution in [-0.4, -0.2) is 46.7 Å². The summed E-state index contributed by atoms with van der Waals surface area (Å²) >= 11 is 0. The Morgan fingerprint density at radius 3 is 2.24 bits per heavy atom. The molecule has 0 radical (unpaired) electrons. The smallest absolute Gasteiger partial charge is 0.255 e. The maximum Gasteiger partial charge on any atom is 0.255 e. The summed E-state index contributed by atoms with van der Waals surface area (Å²) in [6.07, 6.45) is 5.15. The molecule has 3 rings (SSSR count). The van der Waals surface area contributed by atoms with Gasteiger partial charge < -0.3 is 5.32 Å². The van der Waals surface area contributed by atoms with Crippen molar-refractivity contribution in [2.75, 3.05) is 25.0 Å². The summed E-state index contributed by atoms with van der Waals surface area (Å²) in [6.45, 7) is 6.29. The van der Waals surface area contributed by atoms with Crippen molar-refractivity contribution in [3.8, 4) is 0 Å². The summed E-state index contributed by atoms with van der Waals surface area (Å²) in [5.41, 5.74) is 1.21. The van der Waals surface area contributed by atoms with Crippen molar-refractivity contribution >= 4 is 31.6 Å². The monoisotopic (exact) mass is 491 g/mol. The molecular weight excluding hydrogens is 462 g/mol. The highest BCUT2D eigenvalue weighted by Crippen LogP contribution is 2.26. The van der Waals surface area contributed by atoms with Crippen LogP contribution in [0.25, 0.3) is 0 Å². The lowest BCUT2D eigenvalue weighted by molar-refractivity contribution is 0.102. The minimum atomic E-state index is -3.69. The second-order valence-electron chi connectivity index (χ2n) is 7.92. The predicted octanol–water partition coefficient (Wildman–Crippen LogP) is 3.28. The Morgan fingerprint density at radius 2 is 1.64 bits per heavy atom. The molecule has 1 saturated heterocycles. The van der Waals surface area contributed by atoms with E-state index in [2.05, 4.69) is 16.6 Å². The first kappa shape index (κ1) is 25.1. The molecule has 2 aromatic rings. The average molecular weight is 492 g/mol. The van der Waals surface area contributed by atoms with E-state index in [0.29, 0.717) is 24.3 Å². The normalized spacial score (nSPS) is 15.5. The summed E-state index contributed by atoms with van der Waals surface area (Å²) in [7, 11) is -7.36. The van der Waals surface area contributed by atoms with Crippen LogP contribution in [0, 0.1) is 6.92 Å². The third-order valence-electron chi connectivity index (χ3n) is 5.47. The van der Waals surface area contributed by atoms with E-state index < -0.39 is 26.0 Å². The van der Waals surface area contributed by atoms with Crippen LogP contribution in [0.4, 0.5) is 5.69 Å². The molecule has 1 heterocycles. The van der Waals surface area contributed by atoms with Gasteiger partial charge in [0.05, 0.1) is 9.79 Å². The molecular formula is C23H29N3O5S2. The second kappa shape index (κ2) is 10.6. The third-order valence-corrected chi connectivity index (χ3v) is 8.95. The molecule has 0 spiro atoms. The molecule has 2 aromatic carbocycles. The molecule has 1 aliphatic heterocycles. The highest BCUT2D eigenvalue weighted by molar-refractivity contribution is 7.89. The van der Waals surface area contributed by atoms with E-state index in [1.165, 1.54) is 40.7 Å². The molecule has 0 aliphatic carbocycles. The fourth-order valence-electron chi connectivity index (χ4n) is 3.62. The number of hydrogen-bond acceptors (Lipinski definition) is 5. The van der Waals surface area contributed by atoms with Crippen LogP contribution in [0.2, 0.25) is 0 Å². The van der Waals surface area contributed by atoms with Crippen LogP contribution in [0.3, 0.4) is 0 Å². The Morgan fingerprint density at radius 1 is 1.00 bits per heavy atom. The highest BCUT2D eigenvalue weighted by Gasteiger charge is 2.27. The van der Waals surface area contributed by atoms with Crippen molar-refractivity contribution in [2.24, 2.45) is 0 Å². The molecule has 33 heavy (non-hydrogen) atoms. The van der Waals surface area contributed by atoms with Gasteiger partial charge in [0.1, 0.15) is 0 Å². The fraction of sp³-hybridized carbons (Fsp3) is 0.348. The number of nitrogens with one attached hydrogen (secondary N) is 2. The van der Waals surface area contributed by atoms with Gasteiger partial charge in [0.25, 0.3) is 5.91 Å². The van der Waals surface area contributed by atoms with Crippen molar-refractivity contribution in [1.82, 2.24) is 9.03 Å². The van der Waals surface area contributed by atoms with Crippen molar-refractivity contribution in [3.63, 3.8) is 0 Å². The molecule has 0 saturated carbocycles. The van der Waals surface area contributed by atoms with Gasteiger partial charge in [-0.1, -0.05) is 25.0 Å². The van der Waals surface area contributed by atoms with Gasteiger partial charge in [-0.2, -0.15) is 4.31 Å². The van der Waals surface area contributed by atoms with Crippen LogP contribution in [-0.2, 0) is 20.0 Å². The number of carbonyl (C=O) groups excluding carboxylic acids is 1. The lowest BCUT2D eigenvalue weighted by atomic mass is 10.2. The summed E-state index contributed by atoms with van der Waals surface area (Å²) < 4.78 is 54.6. The zero-order valence-electron chi connectivity index (χ0n) is 18.6. The minimum absolute atomic E-state index is 0.0297. The van der Waals surface area contributed by atoms with E-state index in [9.17, 15) is 21.6 Å². The van der Waals surface area contributed by atoms with Gasteiger partial charge in [0.15, 0.2) is 0 Å². The van der Waals surface area contributed by atoms with Crippen LogP contribution in [0.5, 0.6) is 0 Å². The molecule has 2 N–H and O–H groups in total. The average Bonchev–Trinajstić information content (AvgIpc) is 3.09. The van der Waals surface area contributed by atoms with E-state index in [1.807, 2.05) is 0 Å². The zero-order valence-corrected chi connectivity index (χ0v) is 20.2. The number of hydrogen-bond donors (Lipinski definition) is 2. The molecule has 10 heteroatoms. The van der Waals surface area contributed by atoms with Gasteiger partial charge in [-0.15, -0.1) is 6.58 Å². The Kier molecular flexibility index (Phi) is 8.06. The summed E-state index contributed by atoms with van der Waals surface area (Å²) in [5.74, 6) is -0.472. The first-order valence-corrected chi connectivity index (χ1v) is 13.7. The van der Waals surface area contributed by atoms with Crippen molar-refractivity contribution in [1.29, 1.82) is 0 Å².